The minimum Gasteiger partial charge on any atom is -0.456 e. The lowest BCUT2D eigenvalue weighted by Gasteiger charge is -2.45. The molecule has 0 amide bonds. The third-order valence-corrected chi connectivity index (χ3v) is 13.4. The molecule has 0 radical (unpaired) electrons. The third kappa shape index (κ3) is 5.47. The number of para-hydroxylation sites is 2. The molecule has 300 valence electrons. The Morgan fingerprint density at radius 3 is 1.65 bits per heavy atom. The monoisotopic (exact) mass is 802 g/mol. The second-order valence-corrected chi connectivity index (χ2v) is 19.5. The molecule has 0 saturated heterocycles. The first-order valence-electron chi connectivity index (χ1n) is 21.9. The summed E-state index contributed by atoms with van der Waals surface area (Å²) in [5.41, 5.74) is 20.7. The molecule has 4 heterocycles. The maximum atomic E-state index is 6.53. The second kappa shape index (κ2) is 13.0. The molecule has 2 aliphatic rings. The molecule has 0 spiro atoms. The van der Waals surface area contributed by atoms with E-state index in [2.05, 4.69) is 204 Å². The molecule has 62 heavy (non-hydrogen) atoms. The molecule has 0 fully saturated rings. The van der Waals surface area contributed by atoms with E-state index in [1.54, 1.807) is 0 Å². The van der Waals surface area contributed by atoms with Crippen LogP contribution in [0.4, 0.5) is 34.1 Å². The Morgan fingerprint density at radius 2 is 0.968 bits per heavy atom. The SMILES string of the molecule is Cc1cc2c3c(c1)N(c1cccc4oc5ccccc5c14)c1ccc(C(C)(C)C)cc1B3c1cc(C(C)(C)C)ccc1N2c1ccc(-c2ccc3c(c2)oc2ccccc23)cc1. The van der Waals surface area contributed by atoms with Gasteiger partial charge in [0.05, 0.1) is 11.1 Å². The van der Waals surface area contributed by atoms with E-state index >= 15 is 0 Å². The highest BCUT2D eigenvalue weighted by Crippen LogP contribution is 2.48. The molecule has 5 heteroatoms. The molecule has 12 rings (SSSR count). The van der Waals surface area contributed by atoms with Gasteiger partial charge in [0.25, 0.3) is 6.71 Å². The van der Waals surface area contributed by atoms with Gasteiger partial charge in [-0.05, 0) is 135 Å². The smallest absolute Gasteiger partial charge is 0.252 e. The summed E-state index contributed by atoms with van der Waals surface area (Å²) < 4.78 is 12.8. The van der Waals surface area contributed by atoms with Gasteiger partial charge in [0, 0.05) is 44.6 Å². The van der Waals surface area contributed by atoms with Crippen LogP contribution in [0.25, 0.3) is 55.0 Å². The molecule has 2 aliphatic heterocycles. The lowest BCUT2D eigenvalue weighted by Crippen LogP contribution is -2.61. The van der Waals surface area contributed by atoms with Crippen molar-refractivity contribution in [2.45, 2.75) is 59.3 Å². The molecule has 4 nitrogen and oxygen atoms in total. The molecule has 8 aromatic carbocycles. The highest BCUT2D eigenvalue weighted by molar-refractivity contribution is 7.00. The average molecular weight is 803 g/mol. The van der Waals surface area contributed by atoms with E-state index < -0.39 is 0 Å². The zero-order valence-corrected chi connectivity index (χ0v) is 36.3. The van der Waals surface area contributed by atoms with Gasteiger partial charge in [-0.3, -0.25) is 0 Å². The van der Waals surface area contributed by atoms with Gasteiger partial charge in [0.2, 0.25) is 0 Å². The summed E-state index contributed by atoms with van der Waals surface area (Å²) in [4.78, 5) is 5.05. The van der Waals surface area contributed by atoms with Gasteiger partial charge in [-0.15, -0.1) is 0 Å². The van der Waals surface area contributed by atoms with Crippen LogP contribution in [0.5, 0.6) is 0 Å². The summed E-state index contributed by atoms with van der Waals surface area (Å²) >= 11 is 0. The van der Waals surface area contributed by atoms with Gasteiger partial charge < -0.3 is 18.6 Å². The van der Waals surface area contributed by atoms with Crippen LogP contribution in [0.15, 0.2) is 167 Å². The predicted molar refractivity (Wildman–Crippen MR) is 263 cm³/mol. The van der Waals surface area contributed by atoms with Gasteiger partial charge >= 0.3 is 0 Å². The first-order valence-corrected chi connectivity index (χ1v) is 21.9. The van der Waals surface area contributed by atoms with E-state index in [0.29, 0.717) is 0 Å². The fourth-order valence-electron chi connectivity index (χ4n) is 10.3. The number of aryl methyl sites for hydroxylation is 1. The van der Waals surface area contributed by atoms with Crippen molar-refractivity contribution in [2.24, 2.45) is 0 Å². The van der Waals surface area contributed by atoms with Crippen LogP contribution in [-0.2, 0) is 10.8 Å². The maximum absolute atomic E-state index is 6.53. The number of benzene rings is 8. The van der Waals surface area contributed by atoms with Crippen molar-refractivity contribution in [1.29, 1.82) is 0 Å². The van der Waals surface area contributed by atoms with Gasteiger partial charge in [-0.2, -0.15) is 0 Å². The van der Waals surface area contributed by atoms with Crippen LogP contribution in [-0.4, -0.2) is 6.71 Å². The minimum atomic E-state index is -0.0372. The van der Waals surface area contributed by atoms with Crippen molar-refractivity contribution >= 4 is 101 Å². The lowest BCUT2D eigenvalue weighted by molar-refractivity contribution is 0.590. The molecular formula is C57H47BN2O2. The van der Waals surface area contributed by atoms with E-state index in [1.807, 2.05) is 12.1 Å². The first-order chi connectivity index (χ1) is 29.9. The number of fused-ring (bicyclic) bond motifs is 10. The first kappa shape index (κ1) is 36.8. The van der Waals surface area contributed by atoms with Crippen molar-refractivity contribution in [2.75, 3.05) is 9.80 Å². The molecule has 10 aromatic rings. The zero-order valence-electron chi connectivity index (χ0n) is 36.3. The Kier molecular flexibility index (Phi) is 7.73. The maximum Gasteiger partial charge on any atom is 0.252 e. The molecular weight excluding hydrogens is 755 g/mol. The van der Waals surface area contributed by atoms with Crippen molar-refractivity contribution in [3.63, 3.8) is 0 Å². The highest BCUT2D eigenvalue weighted by atomic mass is 16.3. The third-order valence-electron chi connectivity index (χ3n) is 13.4. The standard InChI is InChI=1S/C57H47BN2O2/c1-34-29-48-55-49(30-34)60(47-15-12-18-52-54(47)42-14-9-11-17-51(42)61-52)46-28-23-38(57(5,6)7)33-44(46)58(55)43-32-37(56(2,3)4)22-27-45(43)59(48)39-24-19-35(20-25-39)36-21-26-41-40-13-8-10-16-50(40)62-53(41)31-36/h8-33H,1-7H3. The van der Waals surface area contributed by atoms with Crippen LogP contribution < -0.4 is 26.2 Å². The second-order valence-electron chi connectivity index (χ2n) is 19.5. The highest BCUT2D eigenvalue weighted by Gasteiger charge is 2.44. The lowest BCUT2D eigenvalue weighted by atomic mass is 9.33. The van der Waals surface area contributed by atoms with Crippen LogP contribution in [0.2, 0.25) is 0 Å². The Labute approximate surface area is 363 Å². The van der Waals surface area contributed by atoms with Crippen molar-refractivity contribution < 1.29 is 8.83 Å². The number of hydrogen-bond donors (Lipinski definition) is 0. The molecule has 2 aromatic heterocycles. The predicted octanol–water partition coefficient (Wildman–Crippen LogP) is 14.1. The van der Waals surface area contributed by atoms with E-state index in [-0.39, 0.29) is 17.5 Å². The quantitative estimate of drug-likeness (QED) is 0.167. The van der Waals surface area contributed by atoms with Crippen molar-refractivity contribution in [3.8, 4) is 11.1 Å². The van der Waals surface area contributed by atoms with Gasteiger partial charge in [-0.25, -0.2) is 0 Å². The topological polar surface area (TPSA) is 32.8 Å². The Balaban J connectivity index is 1.10. The Bertz CT molecular complexity index is 3470. The van der Waals surface area contributed by atoms with E-state index in [4.69, 9.17) is 8.83 Å². The van der Waals surface area contributed by atoms with Crippen LogP contribution >= 0.6 is 0 Å². The normalized spacial score (nSPS) is 13.6. The number of rotatable bonds is 3. The average Bonchev–Trinajstić information content (AvgIpc) is 3.84. The minimum absolute atomic E-state index is 0.0119. The van der Waals surface area contributed by atoms with Crippen LogP contribution in [0.3, 0.4) is 0 Å². The number of nitrogens with zero attached hydrogens (tertiary/aromatic N) is 2. The molecule has 0 atom stereocenters. The zero-order chi connectivity index (χ0) is 42.2. The van der Waals surface area contributed by atoms with E-state index in [1.165, 1.54) is 55.8 Å². The number of anilines is 6. The molecule has 0 unspecified atom stereocenters. The Hall–Kier alpha value is -6.98. The molecule has 0 bridgehead atoms. The van der Waals surface area contributed by atoms with Gasteiger partial charge in [0.15, 0.2) is 0 Å². The van der Waals surface area contributed by atoms with Crippen molar-refractivity contribution in [1.82, 2.24) is 0 Å². The summed E-state index contributed by atoms with van der Waals surface area (Å²) in [5.74, 6) is 0. The van der Waals surface area contributed by atoms with Crippen molar-refractivity contribution in [3.05, 3.63) is 174 Å². The number of furan rings is 2. The molecule has 0 aliphatic carbocycles. The van der Waals surface area contributed by atoms with Gasteiger partial charge in [-0.1, -0.05) is 126 Å². The summed E-state index contributed by atoms with van der Waals surface area (Å²) in [6.45, 7) is 16.2. The molecule has 0 N–H and O–H groups in total. The largest absolute Gasteiger partial charge is 0.456 e. The summed E-state index contributed by atoms with van der Waals surface area (Å²) in [7, 11) is 0. The fraction of sp³-hybridized carbons (Fsp3) is 0.158. The van der Waals surface area contributed by atoms with Gasteiger partial charge in [0.1, 0.15) is 22.3 Å². The fourth-order valence-corrected chi connectivity index (χ4v) is 10.3. The summed E-state index contributed by atoms with van der Waals surface area (Å²) in [6.07, 6.45) is 0. The van der Waals surface area contributed by atoms with Crippen LogP contribution in [0.1, 0.15) is 58.2 Å². The van der Waals surface area contributed by atoms with Crippen LogP contribution in [0, 0.1) is 6.92 Å². The number of hydrogen-bond acceptors (Lipinski definition) is 4. The van der Waals surface area contributed by atoms with E-state index in [0.717, 1.165) is 66.4 Å². The Morgan fingerprint density at radius 1 is 0.419 bits per heavy atom. The van der Waals surface area contributed by atoms with E-state index in [9.17, 15) is 0 Å². The summed E-state index contributed by atoms with van der Waals surface area (Å²) in [5, 5.41) is 4.54. The molecule has 0 saturated carbocycles. The summed E-state index contributed by atoms with van der Waals surface area (Å²) in [6, 6.07) is 58.2.